The summed E-state index contributed by atoms with van der Waals surface area (Å²) < 4.78 is 77.2. The summed E-state index contributed by atoms with van der Waals surface area (Å²) in [6.07, 6.45) is 2.69. The molecule has 1 saturated carbocycles. The Morgan fingerprint density at radius 3 is 2.44 bits per heavy atom. The number of aromatic nitrogens is 1. The Labute approximate surface area is 262 Å². The van der Waals surface area contributed by atoms with Crippen molar-refractivity contribution in [2.75, 3.05) is 43.6 Å². The molecule has 4 aliphatic rings. The summed E-state index contributed by atoms with van der Waals surface area (Å²) >= 11 is 0. The van der Waals surface area contributed by atoms with Crippen LogP contribution in [-0.2, 0) is 21.1 Å². The first-order chi connectivity index (χ1) is 21.3. The lowest BCUT2D eigenvalue weighted by atomic mass is 9.77. The van der Waals surface area contributed by atoms with E-state index >= 15 is 0 Å². The highest BCUT2D eigenvalue weighted by atomic mass is 32.2. The van der Waals surface area contributed by atoms with Crippen LogP contribution in [0.15, 0.2) is 47.4 Å². The topological polar surface area (TPSA) is 84.8 Å². The van der Waals surface area contributed by atoms with Gasteiger partial charge in [0, 0.05) is 54.5 Å². The number of sulfone groups is 1. The molecule has 2 bridgehead atoms. The van der Waals surface area contributed by atoms with Gasteiger partial charge in [-0.15, -0.1) is 0 Å². The molecule has 0 radical (unpaired) electrons. The van der Waals surface area contributed by atoms with Gasteiger partial charge in [0.05, 0.1) is 47.7 Å². The zero-order valence-electron chi connectivity index (χ0n) is 25.7. The molecule has 242 valence electrons. The molecule has 1 aliphatic carbocycles. The maximum atomic E-state index is 13.7. The smallest absolute Gasteiger partial charge is 0.406 e. The van der Waals surface area contributed by atoms with Crippen LogP contribution >= 0.6 is 0 Å². The summed E-state index contributed by atoms with van der Waals surface area (Å²) in [5.74, 6) is 6.17. The van der Waals surface area contributed by atoms with Gasteiger partial charge in [-0.2, -0.15) is 13.2 Å². The van der Waals surface area contributed by atoms with E-state index in [-0.39, 0.29) is 28.7 Å². The third-order valence-corrected chi connectivity index (χ3v) is 10.5. The third kappa shape index (κ3) is 6.90. The minimum atomic E-state index is -4.42. The average molecular weight is 645 g/mol. The van der Waals surface area contributed by atoms with Crippen molar-refractivity contribution in [3.05, 3.63) is 48.2 Å². The molecule has 3 aliphatic heterocycles. The number of halogens is 3. The second-order valence-electron chi connectivity index (χ2n) is 12.7. The molecule has 12 heteroatoms. The van der Waals surface area contributed by atoms with Crippen LogP contribution in [0.3, 0.4) is 0 Å². The summed E-state index contributed by atoms with van der Waals surface area (Å²) in [6.45, 7) is 3.31. The van der Waals surface area contributed by atoms with Gasteiger partial charge in [-0.3, -0.25) is 4.90 Å². The van der Waals surface area contributed by atoms with E-state index in [1.807, 2.05) is 6.07 Å². The van der Waals surface area contributed by atoms with Gasteiger partial charge in [0.25, 0.3) is 0 Å². The van der Waals surface area contributed by atoms with Crippen LogP contribution in [0.5, 0.6) is 5.75 Å². The van der Waals surface area contributed by atoms with Crippen LogP contribution in [0, 0.1) is 11.8 Å². The number of nitrogens with one attached hydrogen (secondary N) is 2. The fraction of sp³-hybridized carbons (Fsp3) is 0.515. The molecule has 2 unspecified atom stereocenters. The van der Waals surface area contributed by atoms with Crippen LogP contribution in [-0.4, -0.2) is 80.8 Å². The van der Waals surface area contributed by atoms with E-state index < -0.39 is 22.6 Å². The number of benzene rings is 2. The molecule has 8 nitrogen and oxygen atoms in total. The van der Waals surface area contributed by atoms with E-state index in [2.05, 4.69) is 34.3 Å². The predicted octanol–water partition coefficient (Wildman–Crippen LogP) is 5.67. The van der Waals surface area contributed by atoms with E-state index in [1.54, 1.807) is 24.3 Å². The van der Waals surface area contributed by atoms with E-state index in [4.69, 9.17) is 9.47 Å². The lowest BCUT2D eigenvalue weighted by Crippen LogP contribution is -2.64. The first-order valence-corrected chi connectivity index (χ1v) is 17.2. The standard InChI is InChI=1S/C33H39F3N4O4S/c1-32(39-19-24-17-25(20-39)44-24)13-11-22(12-14-32)38-28-7-4-8-30-27(28)16-23(40(30)21-33(34,35)36)6-5-15-37-29-10-9-26(45(3,41)42)18-31(29)43-2/h4,7-10,16,18,22,24-25,37-38H,11-15,17,19-21H2,1-3H3. The van der Waals surface area contributed by atoms with E-state index in [1.165, 1.54) is 30.2 Å². The Hall–Kier alpha value is -3.40. The Morgan fingerprint density at radius 1 is 1.09 bits per heavy atom. The van der Waals surface area contributed by atoms with Gasteiger partial charge >= 0.3 is 6.18 Å². The highest BCUT2D eigenvalue weighted by Gasteiger charge is 2.46. The number of alkyl halides is 3. The molecule has 1 aromatic heterocycles. The number of piperidine rings is 1. The number of nitrogens with zero attached hydrogens (tertiary/aromatic N) is 2. The highest BCUT2D eigenvalue weighted by molar-refractivity contribution is 7.90. The molecule has 0 amide bonds. The second kappa shape index (κ2) is 12.1. The number of morpholine rings is 1. The number of fused-ring (bicyclic) bond motifs is 3. The largest absolute Gasteiger partial charge is 0.495 e. The molecular weight excluding hydrogens is 605 g/mol. The molecule has 2 atom stereocenters. The van der Waals surface area contributed by atoms with Gasteiger partial charge < -0.3 is 24.7 Å². The van der Waals surface area contributed by atoms with Crippen molar-refractivity contribution >= 4 is 32.1 Å². The Kier molecular flexibility index (Phi) is 8.48. The molecular formula is C33H39F3N4O4S. The SMILES string of the molecule is COc1cc(S(C)(=O)=O)ccc1NCC#Cc1cc2c(NC3CCC(C)(N4CC5CC(C4)O5)CC3)cccc2n1CC(F)(F)F. The summed E-state index contributed by atoms with van der Waals surface area (Å²) in [4.78, 5) is 2.72. The van der Waals surface area contributed by atoms with Crippen LogP contribution < -0.4 is 15.4 Å². The quantitative estimate of drug-likeness (QED) is 0.306. The summed E-state index contributed by atoms with van der Waals surface area (Å²) in [5, 5.41) is 7.42. The van der Waals surface area contributed by atoms with Crippen molar-refractivity contribution in [1.29, 1.82) is 0 Å². The summed E-state index contributed by atoms with van der Waals surface area (Å²) in [6, 6.07) is 11.8. The normalized spacial score (nSPS) is 25.2. The van der Waals surface area contributed by atoms with Crippen LogP contribution in [0.2, 0.25) is 0 Å². The Bertz CT molecular complexity index is 1720. The van der Waals surface area contributed by atoms with Gasteiger partial charge in [-0.05, 0) is 68.9 Å². The monoisotopic (exact) mass is 644 g/mol. The van der Waals surface area contributed by atoms with Crippen molar-refractivity contribution in [1.82, 2.24) is 9.47 Å². The van der Waals surface area contributed by atoms with Crippen molar-refractivity contribution in [2.45, 2.75) is 80.4 Å². The zero-order chi connectivity index (χ0) is 32.0. The molecule has 4 heterocycles. The van der Waals surface area contributed by atoms with Crippen molar-refractivity contribution in [3.63, 3.8) is 0 Å². The average Bonchev–Trinajstić information content (AvgIpc) is 3.32. The summed E-state index contributed by atoms with van der Waals surface area (Å²) in [5.41, 5.74) is 2.22. The highest BCUT2D eigenvalue weighted by Crippen LogP contribution is 2.40. The van der Waals surface area contributed by atoms with E-state index in [0.29, 0.717) is 34.5 Å². The van der Waals surface area contributed by atoms with Gasteiger partial charge in [0.15, 0.2) is 9.84 Å². The zero-order valence-corrected chi connectivity index (χ0v) is 26.5. The number of methoxy groups -OCH3 is 1. The lowest BCUT2D eigenvalue weighted by Gasteiger charge is -2.55. The van der Waals surface area contributed by atoms with E-state index in [0.717, 1.165) is 50.7 Å². The van der Waals surface area contributed by atoms with Crippen LogP contribution in [0.25, 0.3) is 10.9 Å². The third-order valence-electron chi connectivity index (χ3n) is 9.41. The maximum Gasteiger partial charge on any atom is 0.406 e. The minimum absolute atomic E-state index is 0.110. The Balaban J connectivity index is 1.18. The van der Waals surface area contributed by atoms with Gasteiger partial charge in [0.2, 0.25) is 0 Å². The Morgan fingerprint density at radius 2 is 1.80 bits per heavy atom. The van der Waals surface area contributed by atoms with Crippen LogP contribution in [0.4, 0.5) is 24.5 Å². The first kappa shape index (κ1) is 31.6. The van der Waals surface area contributed by atoms with Crippen LogP contribution in [0.1, 0.15) is 44.7 Å². The number of hydrogen-bond donors (Lipinski definition) is 2. The van der Waals surface area contributed by atoms with Crippen molar-refractivity contribution in [2.24, 2.45) is 0 Å². The van der Waals surface area contributed by atoms with E-state index in [9.17, 15) is 21.6 Å². The van der Waals surface area contributed by atoms with Crippen molar-refractivity contribution < 1.29 is 31.1 Å². The minimum Gasteiger partial charge on any atom is -0.495 e. The number of anilines is 2. The molecule has 4 fully saturated rings. The fourth-order valence-corrected chi connectivity index (χ4v) is 7.54. The maximum absolute atomic E-state index is 13.7. The van der Waals surface area contributed by atoms with Gasteiger partial charge in [-0.25, -0.2) is 8.42 Å². The second-order valence-corrected chi connectivity index (χ2v) is 14.7. The van der Waals surface area contributed by atoms with Gasteiger partial charge in [0.1, 0.15) is 12.3 Å². The molecule has 3 saturated heterocycles. The molecule has 0 spiro atoms. The number of ether oxygens (including phenoxy) is 2. The molecule has 45 heavy (non-hydrogen) atoms. The molecule has 2 N–H and O–H groups in total. The summed E-state index contributed by atoms with van der Waals surface area (Å²) in [7, 11) is -1.98. The molecule has 7 rings (SSSR count). The predicted molar refractivity (Wildman–Crippen MR) is 169 cm³/mol. The molecule has 3 aromatic rings. The fourth-order valence-electron chi connectivity index (χ4n) is 6.90. The number of hydrogen-bond acceptors (Lipinski definition) is 7. The first-order valence-electron chi connectivity index (χ1n) is 15.3. The van der Waals surface area contributed by atoms with Crippen molar-refractivity contribution in [3.8, 4) is 17.6 Å². The van der Waals surface area contributed by atoms with Gasteiger partial charge in [-0.1, -0.05) is 12.0 Å². The number of rotatable bonds is 8. The molecule has 2 aromatic carbocycles. The lowest BCUT2D eigenvalue weighted by molar-refractivity contribution is -0.201.